The van der Waals surface area contributed by atoms with Gasteiger partial charge in [0.15, 0.2) is 5.82 Å². The number of nitrogen functional groups attached to an aromatic ring is 3. The molecule has 0 bridgehead atoms. The van der Waals surface area contributed by atoms with E-state index < -0.39 is 0 Å². The average Bonchev–Trinajstić information content (AvgIpc) is 2.38. The topological polar surface area (TPSA) is 109 Å². The highest BCUT2D eigenvalue weighted by Crippen LogP contribution is 2.29. The fraction of sp³-hybridized carbons (Fsp3) is 0.250. The van der Waals surface area contributed by atoms with E-state index >= 15 is 0 Å². The number of nitrogens with zero attached hydrogens (tertiary/aromatic N) is 3. The van der Waals surface area contributed by atoms with Gasteiger partial charge in [0.2, 0.25) is 0 Å². The fourth-order valence-corrected chi connectivity index (χ4v) is 1.62. The molecule has 14 heavy (non-hydrogen) atoms. The van der Waals surface area contributed by atoms with Crippen molar-refractivity contribution in [1.82, 2.24) is 14.8 Å². The summed E-state index contributed by atoms with van der Waals surface area (Å²) in [5.74, 6) is 1.13. The van der Waals surface area contributed by atoms with Crippen LogP contribution in [0.1, 0.15) is 5.56 Å². The molecule has 0 aliphatic carbocycles. The van der Waals surface area contributed by atoms with Crippen LogP contribution in [-0.4, -0.2) is 14.8 Å². The van der Waals surface area contributed by atoms with Crippen molar-refractivity contribution in [3.05, 3.63) is 5.56 Å². The van der Waals surface area contributed by atoms with Gasteiger partial charge in [0, 0.05) is 12.6 Å². The highest BCUT2D eigenvalue weighted by atomic mass is 15.3. The SMILES string of the molecule is Cc1c(N)nc(N)c2c(N)nn(C)c12. The van der Waals surface area contributed by atoms with Gasteiger partial charge in [-0.05, 0) is 6.92 Å². The lowest BCUT2D eigenvalue weighted by Crippen LogP contribution is -2.02. The second kappa shape index (κ2) is 2.50. The van der Waals surface area contributed by atoms with Crippen LogP contribution in [0.5, 0.6) is 0 Å². The molecular formula is C8H12N6. The molecular weight excluding hydrogens is 180 g/mol. The van der Waals surface area contributed by atoms with Gasteiger partial charge in [-0.2, -0.15) is 5.10 Å². The minimum Gasteiger partial charge on any atom is -0.383 e. The van der Waals surface area contributed by atoms with Crippen LogP contribution in [0, 0.1) is 6.92 Å². The maximum Gasteiger partial charge on any atom is 0.157 e. The molecule has 0 unspecified atom stereocenters. The number of aromatic nitrogens is 3. The second-order valence-electron chi connectivity index (χ2n) is 3.24. The van der Waals surface area contributed by atoms with Crippen LogP contribution in [0.2, 0.25) is 0 Å². The molecule has 6 nitrogen and oxygen atoms in total. The third kappa shape index (κ3) is 0.905. The van der Waals surface area contributed by atoms with Crippen molar-refractivity contribution >= 4 is 28.4 Å². The molecule has 2 heterocycles. The normalized spacial score (nSPS) is 11.0. The summed E-state index contributed by atoms with van der Waals surface area (Å²) in [6.07, 6.45) is 0. The lowest BCUT2D eigenvalue weighted by molar-refractivity contribution is 0.799. The quantitative estimate of drug-likeness (QED) is 0.545. The molecule has 0 saturated carbocycles. The fourth-order valence-electron chi connectivity index (χ4n) is 1.62. The van der Waals surface area contributed by atoms with Crippen LogP contribution < -0.4 is 17.2 Å². The molecule has 0 aromatic carbocycles. The highest BCUT2D eigenvalue weighted by molar-refractivity contribution is 6.00. The molecule has 0 fully saturated rings. The van der Waals surface area contributed by atoms with Crippen LogP contribution in [0.4, 0.5) is 17.5 Å². The first-order valence-corrected chi connectivity index (χ1v) is 4.16. The molecule has 0 saturated heterocycles. The average molecular weight is 192 g/mol. The summed E-state index contributed by atoms with van der Waals surface area (Å²) in [6, 6.07) is 0. The van der Waals surface area contributed by atoms with E-state index in [0.717, 1.165) is 11.1 Å². The molecule has 0 atom stereocenters. The van der Waals surface area contributed by atoms with Crippen molar-refractivity contribution in [2.24, 2.45) is 7.05 Å². The van der Waals surface area contributed by atoms with Crippen LogP contribution in [0.15, 0.2) is 0 Å². The lowest BCUT2D eigenvalue weighted by atomic mass is 10.2. The lowest BCUT2D eigenvalue weighted by Gasteiger charge is -2.04. The zero-order valence-corrected chi connectivity index (χ0v) is 8.07. The molecule has 0 radical (unpaired) electrons. The monoisotopic (exact) mass is 192 g/mol. The van der Waals surface area contributed by atoms with Crippen LogP contribution >= 0.6 is 0 Å². The Bertz CT molecular complexity index is 512. The zero-order chi connectivity index (χ0) is 10.5. The predicted molar refractivity (Wildman–Crippen MR) is 56.5 cm³/mol. The Morgan fingerprint density at radius 3 is 2.36 bits per heavy atom. The smallest absolute Gasteiger partial charge is 0.157 e. The summed E-state index contributed by atoms with van der Waals surface area (Å²) in [5, 5.41) is 4.75. The van der Waals surface area contributed by atoms with E-state index in [9.17, 15) is 0 Å². The minimum absolute atomic E-state index is 0.328. The maximum absolute atomic E-state index is 5.72. The standard InChI is InChI=1S/C8H12N6/c1-3-5-4(7(10)12-6(3)9)8(11)13-14(5)2/h1-2H3,(H2,11,13)(H4,9,10,12). The van der Waals surface area contributed by atoms with Crippen molar-refractivity contribution in [1.29, 1.82) is 0 Å². The largest absolute Gasteiger partial charge is 0.383 e. The summed E-state index contributed by atoms with van der Waals surface area (Å²) in [7, 11) is 1.80. The number of aryl methyl sites for hydroxylation is 2. The van der Waals surface area contributed by atoms with E-state index in [1.165, 1.54) is 0 Å². The van der Waals surface area contributed by atoms with Gasteiger partial charge in [0.1, 0.15) is 11.6 Å². The molecule has 2 aromatic rings. The molecule has 0 amide bonds. The van der Waals surface area contributed by atoms with Crippen molar-refractivity contribution in [2.75, 3.05) is 17.2 Å². The van der Waals surface area contributed by atoms with Crippen molar-refractivity contribution in [2.45, 2.75) is 6.92 Å². The Labute approximate surface area is 80.7 Å². The van der Waals surface area contributed by atoms with E-state index in [-0.39, 0.29) is 0 Å². The summed E-state index contributed by atoms with van der Waals surface area (Å²) in [4.78, 5) is 4.00. The van der Waals surface area contributed by atoms with Crippen molar-refractivity contribution < 1.29 is 0 Å². The van der Waals surface area contributed by atoms with Gasteiger partial charge >= 0.3 is 0 Å². The summed E-state index contributed by atoms with van der Waals surface area (Å²) in [5.41, 5.74) is 18.8. The third-order valence-electron chi connectivity index (χ3n) is 2.31. The minimum atomic E-state index is 0.328. The summed E-state index contributed by atoms with van der Waals surface area (Å²) < 4.78 is 1.66. The van der Waals surface area contributed by atoms with Gasteiger partial charge in [-0.15, -0.1) is 0 Å². The molecule has 0 spiro atoms. The first-order valence-electron chi connectivity index (χ1n) is 4.16. The van der Waals surface area contributed by atoms with E-state index in [1.807, 2.05) is 6.92 Å². The number of hydrogen-bond donors (Lipinski definition) is 3. The number of anilines is 3. The molecule has 74 valence electrons. The zero-order valence-electron chi connectivity index (χ0n) is 8.07. The molecule has 0 aliphatic heterocycles. The van der Waals surface area contributed by atoms with Crippen LogP contribution in [0.3, 0.4) is 0 Å². The molecule has 6 N–H and O–H groups in total. The first-order chi connectivity index (χ1) is 6.52. The summed E-state index contributed by atoms with van der Waals surface area (Å²) >= 11 is 0. The first kappa shape index (κ1) is 8.61. The van der Waals surface area contributed by atoms with E-state index in [0.29, 0.717) is 22.8 Å². The molecule has 0 aliphatic rings. The number of rotatable bonds is 0. The van der Waals surface area contributed by atoms with E-state index in [2.05, 4.69) is 10.1 Å². The van der Waals surface area contributed by atoms with Gasteiger partial charge in [-0.3, -0.25) is 4.68 Å². The van der Waals surface area contributed by atoms with Gasteiger partial charge in [0.25, 0.3) is 0 Å². The van der Waals surface area contributed by atoms with Gasteiger partial charge < -0.3 is 17.2 Å². The van der Waals surface area contributed by atoms with Crippen LogP contribution in [0.25, 0.3) is 10.9 Å². The van der Waals surface area contributed by atoms with E-state index in [1.54, 1.807) is 11.7 Å². The Kier molecular flexibility index (Phi) is 1.54. The Balaban J connectivity index is 3.05. The molecule has 2 rings (SSSR count). The van der Waals surface area contributed by atoms with Gasteiger partial charge in [-0.25, -0.2) is 4.98 Å². The molecule has 6 heteroatoms. The third-order valence-corrected chi connectivity index (χ3v) is 2.31. The number of nitrogens with two attached hydrogens (primary N) is 3. The summed E-state index contributed by atoms with van der Waals surface area (Å²) in [6.45, 7) is 1.87. The van der Waals surface area contributed by atoms with Gasteiger partial charge in [0.05, 0.1) is 10.9 Å². The van der Waals surface area contributed by atoms with E-state index in [4.69, 9.17) is 17.2 Å². The Morgan fingerprint density at radius 2 is 1.71 bits per heavy atom. The number of pyridine rings is 1. The Hall–Kier alpha value is -1.98. The van der Waals surface area contributed by atoms with Crippen molar-refractivity contribution in [3.63, 3.8) is 0 Å². The number of hydrogen-bond acceptors (Lipinski definition) is 5. The van der Waals surface area contributed by atoms with Gasteiger partial charge in [-0.1, -0.05) is 0 Å². The highest BCUT2D eigenvalue weighted by Gasteiger charge is 2.14. The Morgan fingerprint density at radius 1 is 1.07 bits per heavy atom. The second-order valence-corrected chi connectivity index (χ2v) is 3.24. The van der Waals surface area contributed by atoms with Crippen LogP contribution in [-0.2, 0) is 7.05 Å². The van der Waals surface area contributed by atoms with Crippen molar-refractivity contribution in [3.8, 4) is 0 Å². The molecule has 2 aromatic heterocycles. The predicted octanol–water partition coefficient (Wildman–Crippen LogP) is 0.0233. The number of fused-ring (bicyclic) bond motifs is 1. The maximum atomic E-state index is 5.72.